The van der Waals surface area contributed by atoms with E-state index < -0.39 is 0 Å². The molecule has 0 aliphatic rings. The van der Waals surface area contributed by atoms with Gasteiger partial charge in [0.25, 0.3) is 0 Å². The van der Waals surface area contributed by atoms with Crippen molar-refractivity contribution in [1.29, 1.82) is 0 Å². The lowest BCUT2D eigenvalue weighted by Crippen LogP contribution is -1.85. The molecule has 2 aromatic heterocycles. The maximum atomic E-state index is 13.4. The number of hydrogen-bond acceptors (Lipinski definition) is 3. The van der Waals surface area contributed by atoms with Gasteiger partial charge in [-0.15, -0.1) is 4.91 Å². The summed E-state index contributed by atoms with van der Waals surface area (Å²) < 4.78 is 15.0. The average molecular weight is 269 g/mol. The van der Waals surface area contributed by atoms with Crippen LogP contribution in [0.3, 0.4) is 0 Å². The number of benzene rings is 1. The number of aryl methyl sites for hydroxylation is 2. The van der Waals surface area contributed by atoms with Gasteiger partial charge in [-0.25, -0.2) is 9.37 Å². The molecule has 0 saturated heterocycles. The molecule has 0 atom stereocenters. The first-order valence-corrected chi connectivity index (χ1v) is 6.19. The summed E-state index contributed by atoms with van der Waals surface area (Å²) in [5, 5.41) is 3.08. The van der Waals surface area contributed by atoms with Crippen molar-refractivity contribution in [2.45, 2.75) is 13.8 Å². The first kappa shape index (κ1) is 12.5. The van der Waals surface area contributed by atoms with Crippen LogP contribution in [-0.4, -0.2) is 9.38 Å². The Morgan fingerprint density at radius 3 is 2.70 bits per heavy atom. The van der Waals surface area contributed by atoms with E-state index in [2.05, 4.69) is 10.2 Å². The van der Waals surface area contributed by atoms with Crippen molar-refractivity contribution < 1.29 is 4.39 Å². The fourth-order valence-corrected chi connectivity index (χ4v) is 2.26. The third kappa shape index (κ3) is 1.79. The number of nitrogens with zero attached hydrogens (tertiary/aromatic N) is 3. The van der Waals surface area contributed by atoms with Gasteiger partial charge in [-0.3, -0.25) is 4.40 Å². The Morgan fingerprint density at radius 1 is 1.20 bits per heavy atom. The fraction of sp³-hybridized carbons (Fsp3) is 0.133. The van der Waals surface area contributed by atoms with Gasteiger partial charge < -0.3 is 0 Å². The molecule has 0 unspecified atom stereocenters. The van der Waals surface area contributed by atoms with Crippen LogP contribution in [0, 0.1) is 24.6 Å². The van der Waals surface area contributed by atoms with Crippen LogP contribution in [0.25, 0.3) is 16.9 Å². The van der Waals surface area contributed by atoms with E-state index in [4.69, 9.17) is 0 Å². The van der Waals surface area contributed by atoms with Crippen LogP contribution in [0.1, 0.15) is 11.1 Å². The van der Waals surface area contributed by atoms with E-state index in [1.807, 2.05) is 19.1 Å². The molecule has 3 rings (SSSR count). The van der Waals surface area contributed by atoms with E-state index in [1.54, 1.807) is 29.7 Å². The number of rotatable bonds is 2. The first-order valence-electron chi connectivity index (χ1n) is 6.19. The van der Waals surface area contributed by atoms with Gasteiger partial charge in [0.1, 0.15) is 17.2 Å². The van der Waals surface area contributed by atoms with Gasteiger partial charge in [-0.05, 0) is 54.4 Å². The Balaban J connectivity index is 2.33. The number of nitroso groups, excluding NO2 is 1. The summed E-state index contributed by atoms with van der Waals surface area (Å²) in [6.45, 7) is 3.59. The van der Waals surface area contributed by atoms with Gasteiger partial charge in [-0.1, -0.05) is 6.07 Å². The zero-order valence-electron chi connectivity index (χ0n) is 11.1. The third-order valence-electron chi connectivity index (χ3n) is 3.34. The predicted molar refractivity (Wildman–Crippen MR) is 75.5 cm³/mol. The Hall–Kier alpha value is -2.56. The van der Waals surface area contributed by atoms with Crippen LogP contribution in [0.4, 0.5) is 10.2 Å². The molecule has 5 heteroatoms. The molecule has 0 spiro atoms. The molecular weight excluding hydrogens is 257 g/mol. The van der Waals surface area contributed by atoms with Crippen LogP contribution in [0.5, 0.6) is 0 Å². The van der Waals surface area contributed by atoms with Gasteiger partial charge in [-0.2, -0.15) is 0 Å². The van der Waals surface area contributed by atoms with Crippen LogP contribution < -0.4 is 0 Å². The summed E-state index contributed by atoms with van der Waals surface area (Å²) in [6.07, 6.45) is 1.74. The highest BCUT2D eigenvalue weighted by Crippen LogP contribution is 2.32. The summed E-state index contributed by atoms with van der Waals surface area (Å²) in [6, 6.07) is 8.39. The monoisotopic (exact) mass is 269 g/mol. The van der Waals surface area contributed by atoms with Gasteiger partial charge >= 0.3 is 0 Å². The Bertz CT molecular complexity index is 823. The maximum absolute atomic E-state index is 13.4. The van der Waals surface area contributed by atoms with E-state index in [0.717, 1.165) is 5.56 Å². The second-order valence-electron chi connectivity index (χ2n) is 4.72. The van der Waals surface area contributed by atoms with Crippen LogP contribution in [-0.2, 0) is 0 Å². The largest absolute Gasteiger partial charge is 0.281 e. The quantitative estimate of drug-likeness (QED) is 0.656. The van der Waals surface area contributed by atoms with Gasteiger partial charge in [0.05, 0.1) is 0 Å². The number of hydrogen-bond donors (Lipinski definition) is 0. The molecule has 0 aliphatic carbocycles. The number of aromatic nitrogens is 2. The highest BCUT2D eigenvalue weighted by atomic mass is 19.1. The molecule has 0 aliphatic heterocycles. The Kier molecular flexibility index (Phi) is 2.82. The van der Waals surface area contributed by atoms with Crippen LogP contribution in [0.15, 0.2) is 41.7 Å². The lowest BCUT2D eigenvalue weighted by molar-refractivity contribution is 0.619. The highest BCUT2D eigenvalue weighted by Gasteiger charge is 2.16. The second kappa shape index (κ2) is 4.52. The molecule has 20 heavy (non-hydrogen) atoms. The zero-order chi connectivity index (χ0) is 14.3. The minimum atomic E-state index is -0.283. The summed E-state index contributed by atoms with van der Waals surface area (Å²) in [5.41, 5.74) is 3.29. The highest BCUT2D eigenvalue weighted by molar-refractivity contribution is 5.75. The Morgan fingerprint density at radius 2 is 2.00 bits per heavy atom. The standard InChI is InChI=1S/C15H12FN3O/c1-9-4-3-7-19-14(9)17-13(15(19)18-20)11-5-6-12(16)10(2)8-11/h3-8H,1-2H3. The Labute approximate surface area is 114 Å². The molecule has 0 bridgehead atoms. The first-order chi connectivity index (χ1) is 9.61. The van der Waals surface area contributed by atoms with E-state index in [9.17, 15) is 9.30 Å². The van der Waals surface area contributed by atoms with Crippen molar-refractivity contribution in [3.63, 3.8) is 0 Å². The molecule has 0 saturated carbocycles. The van der Waals surface area contributed by atoms with E-state index in [0.29, 0.717) is 22.5 Å². The van der Waals surface area contributed by atoms with Crippen molar-refractivity contribution in [1.82, 2.24) is 9.38 Å². The summed E-state index contributed by atoms with van der Waals surface area (Å²) in [4.78, 5) is 15.6. The molecule has 0 amide bonds. The molecular formula is C15H12FN3O. The number of halogens is 1. The summed E-state index contributed by atoms with van der Waals surface area (Å²) >= 11 is 0. The van der Waals surface area contributed by atoms with Gasteiger partial charge in [0, 0.05) is 11.8 Å². The normalized spacial score (nSPS) is 10.9. The average Bonchev–Trinajstić information content (AvgIpc) is 2.82. The minimum absolute atomic E-state index is 0.231. The molecule has 0 radical (unpaired) electrons. The van der Waals surface area contributed by atoms with Crippen molar-refractivity contribution in [3.8, 4) is 11.3 Å². The molecule has 0 N–H and O–H groups in total. The molecule has 1 aromatic carbocycles. The maximum Gasteiger partial charge on any atom is 0.209 e. The molecule has 2 heterocycles. The molecule has 3 aromatic rings. The number of imidazole rings is 1. The van der Waals surface area contributed by atoms with E-state index in [1.165, 1.54) is 6.07 Å². The fourth-order valence-electron chi connectivity index (χ4n) is 2.26. The zero-order valence-corrected chi connectivity index (χ0v) is 11.1. The van der Waals surface area contributed by atoms with E-state index in [-0.39, 0.29) is 11.6 Å². The van der Waals surface area contributed by atoms with Crippen molar-refractivity contribution >= 4 is 11.5 Å². The number of pyridine rings is 1. The third-order valence-corrected chi connectivity index (χ3v) is 3.34. The topological polar surface area (TPSA) is 46.7 Å². The van der Waals surface area contributed by atoms with Gasteiger partial charge in [0.2, 0.25) is 5.82 Å². The van der Waals surface area contributed by atoms with Crippen LogP contribution >= 0.6 is 0 Å². The number of fused-ring (bicyclic) bond motifs is 1. The van der Waals surface area contributed by atoms with Crippen molar-refractivity contribution in [2.24, 2.45) is 5.18 Å². The summed E-state index contributed by atoms with van der Waals surface area (Å²) in [7, 11) is 0. The molecule has 0 fully saturated rings. The lowest BCUT2D eigenvalue weighted by Gasteiger charge is -2.00. The van der Waals surface area contributed by atoms with Crippen molar-refractivity contribution in [2.75, 3.05) is 0 Å². The molecule has 4 nitrogen and oxygen atoms in total. The minimum Gasteiger partial charge on any atom is -0.281 e. The predicted octanol–water partition coefficient (Wildman–Crippen LogP) is 4.16. The molecule has 100 valence electrons. The van der Waals surface area contributed by atoms with E-state index >= 15 is 0 Å². The van der Waals surface area contributed by atoms with Gasteiger partial charge in [0.15, 0.2) is 0 Å². The van der Waals surface area contributed by atoms with Crippen LogP contribution in [0.2, 0.25) is 0 Å². The summed E-state index contributed by atoms with van der Waals surface area (Å²) in [5.74, 6) is -0.0518. The van der Waals surface area contributed by atoms with Crippen molar-refractivity contribution in [3.05, 3.63) is 58.4 Å². The second-order valence-corrected chi connectivity index (χ2v) is 4.72. The smallest absolute Gasteiger partial charge is 0.209 e. The SMILES string of the molecule is Cc1cc(-c2nc3c(C)cccn3c2N=O)ccc1F. The lowest BCUT2D eigenvalue weighted by atomic mass is 10.1.